The highest BCUT2D eigenvalue weighted by molar-refractivity contribution is 5.82. The number of alkyl halides is 3. The lowest BCUT2D eigenvalue weighted by molar-refractivity contribution is -0.274. The number of nitrogen functional groups attached to an aromatic ring is 1. The Morgan fingerprint density at radius 1 is 1.33 bits per heavy atom. The van der Waals surface area contributed by atoms with E-state index < -0.39 is 23.5 Å². The highest BCUT2D eigenvalue weighted by Crippen LogP contribution is 2.33. The van der Waals surface area contributed by atoms with Crippen LogP contribution in [0.25, 0.3) is 0 Å². The number of benzene rings is 1. The van der Waals surface area contributed by atoms with E-state index in [-0.39, 0.29) is 11.3 Å². The van der Waals surface area contributed by atoms with Crippen molar-refractivity contribution in [2.45, 2.75) is 25.6 Å². The van der Waals surface area contributed by atoms with E-state index in [1.807, 2.05) is 0 Å². The number of nitrogens with two attached hydrogens (primary N) is 1. The molecule has 0 heterocycles. The molecule has 0 aliphatic heterocycles. The van der Waals surface area contributed by atoms with Gasteiger partial charge in [0, 0.05) is 5.69 Å². The van der Waals surface area contributed by atoms with Gasteiger partial charge in [-0.2, -0.15) is 0 Å². The van der Waals surface area contributed by atoms with Crippen LogP contribution < -0.4 is 10.5 Å². The van der Waals surface area contributed by atoms with Crippen LogP contribution in [-0.4, -0.2) is 17.4 Å². The molecule has 4 nitrogen and oxygen atoms in total. The van der Waals surface area contributed by atoms with Gasteiger partial charge in [-0.15, -0.1) is 13.2 Å². The Kier molecular flexibility index (Phi) is 3.45. The molecule has 3 N–H and O–H groups in total. The number of carbonyl (C=O) groups is 1. The second-order valence-electron chi connectivity index (χ2n) is 4.23. The highest BCUT2D eigenvalue weighted by Gasteiger charge is 2.34. The van der Waals surface area contributed by atoms with Crippen molar-refractivity contribution in [3.63, 3.8) is 0 Å². The van der Waals surface area contributed by atoms with Crippen LogP contribution in [0, 0.1) is 0 Å². The van der Waals surface area contributed by atoms with Crippen LogP contribution >= 0.6 is 0 Å². The fraction of sp³-hybridized carbons (Fsp3) is 0.364. The maximum atomic E-state index is 12.1. The Morgan fingerprint density at radius 2 is 1.89 bits per heavy atom. The lowest BCUT2D eigenvalue weighted by Gasteiger charge is -2.22. The number of hydrogen-bond donors (Lipinski definition) is 2. The minimum atomic E-state index is -4.83. The van der Waals surface area contributed by atoms with Gasteiger partial charge in [-0.25, -0.2) is 0 Å². The van der Waals surface area contributed by atoms with Gasteiger partial charge >= 0.3 is 12.3 Å². The Labute approximate surface area is 101 Å². The van der Waals surface area contributed by atoms with Crippen LogP contribution in [-0.2, 0) is 10.2 Å². The summed E-state index contributed by atoms with van der Waals surface area (Å²) in [6.45, 7) is 2.69. The van der Waals surface area contributed by atoms with Crippen molar-refractivity contribution in [1.29, 1.82) is 0 Å². The molecule has 0 aromatic heterocycles. The third-order valence-corrected chi connectivity index (χ3v) is 2.47. The number of rotatable bonds is 3. The summed E-state index contributed by atoms with van der Waals surface area (Å²) in [5.74, 6) is -1.70. The van der Waals surface area contributed by atoms with E-state index in [0.29, 0.717) is 0 Å². The normalized spacial score (nSPS) is 12.3. The van der Waals surface area contributed by atoms with Gasteiger partial charge in [0.05, 0.1) is 5.41 Å². The van der Waals surface area contributed by atoms with Gasteiger partial charge in [0.25, 0.3) is 0 Å². The number of ether oxygens (including phenoxy) is 1. The molecule has 1 aromatic carbocycles. The summed E-state index contributed by atoms with van der Waals surface area (Å²) in [4.78, 5) is 11.1. The molecule has 0 radical (unpaired) electrons. The number of anilines is 1. The lowest BCUT2D eigenvalue weighted by atomic mass is 9.83. The van der Waals surface area contributed by atoms with Gasteiger partial charge < -0.3 is 15.6 Å². The zero-order valence-corrected chi connectivity index (χ0v) is 9.71. The Bertz CT molecular complexity index is 469. The van der Waals surface area contributed by atoms with Crippen molar-refractivity contribution in [2.75, 3.05) is 5.73 Å². The van der Waals surface area contributed by atoms with Crippen LogP contribution in [0.3, 0.4) is 0 Å². The molecule has 0 atom stereocenters. The highest BCUT2D eigenvalue weighted by atomic mass is 19.4. The predicted octanol–water partition coefficient (Wildman–Crippen LogP) is 2.53. The molecule has 18 heavy (non-hydrogen) atoms. The number of carboxylic acids is 1. The van der Waals surface area contributed by atoms with Gasteiger partial charge in [-0.05, 0) is 37.6 Å². The summed E-state index contributed by atoms with van der Waals surface area (Å²) in [6.07, 6.45) is -4.83. The van der Waals surface area contributed by atoms with Gasteiger partial charge in [0.15, 0.2) is 0 Å². The first-order valence-corrected chi connectivity index (χ1v) is 4.93. The molecule has 0 saturated carbocycles. The molecule has 0 unspecified atom stereocenters. The van der Waals surface area contributed by atoms with Crippen molar-refractivity contribution in [1.82, 2.24) is 0 Å². The van der Waals surface area contributed by atoms with Crippen molar-refractivity contribution in [2.24, 2.45) is 0 Å². The second-order valence-corrected chi connectivity index (χ2v) is 4.23. The molecule has 0 saturated heterocycles. The first kappa shape index (κ1) is 14.1. The van der Waals surface area contributed by atoms with E-state index in [4.69, 9.17) is 10.8 Å². The van der Waals surface area contributed by atoms with Crippen LogP contribution in [0.5, 0.6) is 5.75 Å². The summed E-state index contributed by atoms with van der Waals surface area (Å²) >= 11 is 0. The van der Waals surface area contributed by atoms with E-state index in [1.54, 1.807) is 0 Å². The monoisotopic (exact) mass is 263 g/mol. The smallest absolute Gasteiger partial charge is 0.481 e. The number of hydrogen-bond acceptors (Lipinski definition) is 3. The fourth-order valence-corrected chi connectivity index (χ4v) is 1.39. The summed E-state index contributed by atoms with van der Waals surface area (Å²) in [6, 6.07) is 3.20. The average molecular weight is 263 g/mol. The molecule has 0 fully saturated rings. The molecular weight excluding hydrogens is 251 g/mol. The molecule has 1 rings (SSSR count). The van der Waals surface area contributed by atoms with Crippen molar-refractivity contribution < 1.29 is 27.8 Å². The Balaban J connectivity index is 3.21. The van der Waals surface area contributed by atoms with Crippen LogP contribution in [0.15, 0.2) is 18.2 Å². The third kappa shape index (κ3) is 3.06. The van der Waals surface area contributed by atoms with Gasteiger partial charge in [-0.1, -0.05) is 0 Å². The molecule has 7 heteroatoms. The maximum absolute atomic E-state index is 12.1. The number of carboxylic acid groups (broad SMARTS) is 1. The minimum Gasteiger partial charge on any atom is -0.481 e. The Morgan fingerprint density at radius 3 is 2.33 bits per heavy atom. The molecule has 0 aliphatic carbocycles. The average Bonchev–Trinajstić information content (AvgIpc) is 2.18. The molecule has 100 valence electrons. The predicted molar refractivity (Wildman–Crippen MR) is 58.2 cm³/mol. The van der Waals surface area contributed by atoms with Gasteiger partial charge in [0.1, 0.15) is 5.75 Å². The molecule has 1 aromatic rings. The molecule has 0 amide bonds. The molecule has 0 aliphatic rings. The summed E-state index contributed by atoms with van der Waals surface area (Å²) in [5.41, 5.74) is 4.33. The summed E-state index contributed by atoms with van der Waals surface area (Å²) < 4.78 is 39.9. The van der Waals surface area contributed by atoms with E-state index >= 15 is 0 Å². The maximum Gasteiger partial charge on any atom is 0.573 e. The third-order valence-electron chi connectivity index (χ3n) is 2.47. The van der Waals surface area contributed by atoms with Crippen LogP contribution in [0.2, 0.25) is 0 Å². The van der Waals surface area contributed by atoms with Crippen molar-refractivity contribution >= 4 is 11.7 Å². The molecular formula is C11H12F3NO3. The fourth-order valence-electron chi connectivity index (χ4n) is 1.39. The lowest BCUT2D eigenvalue weighted by Crippen LogP contribution is -2.29. The van der Waals surface area contributed by atoms with Crippen LogP contribution in [0.4, 0.5) is 18.9 Å². The van der Waals surface area contributed by atoms with Gasteiger partial charge in [-0.3, -0.25) is 4.79 Å². The van der Waals surface area contributed by atoms with E-state index in [1.165, 1.54) is 19.9 Å². The van der Waals surface area contributed by atoms with Crippen molar-refractivity contribution in [3.8, 4) is 5.75 Å². The molecule has 0 spiro atoms. The largest absolute Gasteiger partial charge is 0.573 e. The number of halogens is 3. The topological polar surface area (TPSA) is 72.5 Å². The first-order valence-electron chi connectivity index (χ1n) is 4.93. The summed E-state index contributed by atoms with van der Waals surface area (Å²) in [7, 11) is 0. The zero-order chi connectivity index (χ0) is 14.1. The SMILES string of the molecule is CC(C)(C(=O)O)c1cc(OC(F)(F)F)ccc1N. The number of aliphatic carboxylic acids is 1. The molecule has 0 bridgehead atoms. The standard InChI is InChI=1S/C11H12F3NO3/c1-10(2,9(16)17)7-5-6(3-4-8(7)15)18-11(12,13)14/h3-5H,15H2,1-2H3,(H,16,17). The van der Waals surface area contributed by atoms with Crippen molar-refractivity contribution in [3.05, 3.63) is 23.8 Å². The van der Waals surface area contributed by atoms with E-state index in [2.05, 4.69) is 4.74 Å². The Hall–Kier alpha value is -1.92. The van der Waals surface area contributed by atoms with E-state index in [0.717, 1.165) is 12.1 Å². The van der Waals surface area contributed by atoms with E-state index in [9.17, 15) is 18.0 Å². The second kappa shape index (κ2) is 4.40. The zero-order valence-electron chi connectivity index (χ0n) is 9.71. The quantitative estimate of drug-likeness (QED) is 0.822. The first-order chi connectivity index (χ1) is 8.04. The van der Waals surface area contributed by atoms with Gasteiger partial charge in [0.2, 0.25) is 0 Å². The minimum absolute atomic E-state index is 0.0664. The van der Waals surface area contributed by atoms with Crippen LogP contribution in [0.1, 0.15) is 19.4 Å². The summed E-state index contributed by atoms with van der Waals surface area (Å²) in [5, 5.41) is 9.02.